The Morgan fingerprint density at radius 3 is 2.07 bits per heavy atom. The van der Waals surface area contributed by atoms with Crippen molar-refractivity contribution in [2.24, 2.45) is 5.92 Å². The van der Waals surface area contributed by atoms with Crippen molar-refractivity contribution in [3.05, 3.63) is 0 Å². The largest absolute Gasteiger partial charge is 0.313 e. The molecule has 0 radical (unpaired) electrons. The van der Waals surface area contributed by atoms with E-state index < -0.39 is 0 Å². The van der Waals surface area contributed by atoms with Crippen LogP contribution in [0.1, 0.15) is 48.0 Å². The summed E-state index contributed by atoms with van der Waals surface area (Å²) >= 11 is 0. The number of likely N-dealkylation sites (N-methyl/N-ethyl adjacent to an activating group) is 1. The maximum absolute atomic E-state index is 3.51. The number of hydrogen-bond acceptors (Lipinski definition) is 2. The van der Waals surface area contributed by atoms with Gasteiger partial charge < -0.3 is 5.32 Å². The van der Waals surface area contributed by atoms with Crippen molar-refractivity contribution in [3.63, 3.8) is 0 Å². The molecule has 0 spiro atoms. The van der Waals surface area contributed by atoms with Gasteiger partial charge in [-0.2, -0.15) is 0 Å². The van der Waals surface area contributed by atoms with Crippen LogP contribution >= 0.6 is 0 Å². The molecule has 2 heteroatoms. The molecule has 0 aliphatic heterocycles. The second-order valence-electron chi connectivity index (χ2n) is 5.01. The summed E-state index contributed by atoms with van der Waals surface area (Å²) in [5.41, 5.74) is 0. The number of rotatable bonds is 8. The van der Waals surface area contributed by atoms with E-state index in [0.29, 0.717) is 12.1 Å². The van der Waals surface area contributed by atoms with Gasteiger partial charge in [0.15, 0.2) is 0 Å². The van der Waals surface area contributed by atoms with Gasteiger partial charge in [0.2, 0.25) is 0 Å². The van der Waals surface area contributed by atoms with Crippen LogP contribution in [0.15, 0.2) is 0 Å². The smallest absolute Gasteiger partial charge is 0.0192 e. The first-order valence-corrected chi connectivity index (χ1v) is 6.48. The molecule has 0 heterocycles. The van der Waals surface area contributed by atoms with Crippen LogP contribution in [0.5, 0.6) is 0 Å². The molecular weight excluding hydrogens is 184 g/mol. The first kappa shape index (κ1) is 14.9. The van der Waals surface area contributed by atoms with Crippen LogP contribution in [0.2, 0.25) is 0 Å². The Morgan fingerprint density at radius 1 is 1.07 bits per heavy atom. The molecule has 1 N–H and O–H groups in total. The number of nitrogens with zero attached hydrogens (tertiary/aromatic N) is 1. The molecule has 2 unspecified atom stereocenters. The summed E-state index contributed by atoms with van der Waals surface area (Å²) in [4.78, 5) is 2.57. The van der Waals surface area contributed by atoms with Gasteiger partial charge in [0.1, 0.15) is 0 Å². The first-order chi connectivity index (χ1) is 7.01. The van der Waals surface area contributed by atoms with Crippen LogP contribution in [-0.2, 0) is 0 Å². The average Bonchev–Trinajstić information content (AvgIpc) is 2.21. The third-order valence-electron chi connectivity index (χ3n) is 3.09. The van der Waals surface area contributed by atoms with Gasteiger partial charge >= 0.3 is 0 Å². The molecule has 0 saturated carbocycles. The molecule has 0 bridgehead atoms. The maximum atomic E-state index is 3.51. The summed E-state index contributed by atoms with van der Waals surface area (Å²) in [6.45, 7) is 17.1. The van der Waals surface area contributed by atoms with Gasteiger partial charge in [-0.15, -0.1) is 0 Å². The van der Waals surface area contributed by atoms with Gasteiger partial charge in [0.05, 0.1) is 0 Å². The van der Waals surface area contributed by atoms with E-state index in [0.717, 1.165) is 19.0 Å². The lowest BCUT2D eigenvalue weighted by atomic mass is 10.1. The van der Waals surface area contributed by atoms with Crippen LogP contribution in [0.3, 0.4) is 0 Å². The fraction of sp³-hybridized carbons (Fsp3) is 1.00. The predicted molar refractivity (Wildman–Crippen MR) is 69.3 cm³/mol. The molecule has 0 aromatic heterocycles. The second-order valence-corrected chi connectivity index (χ2v) is 5.01. The highest BCUT2D eigenvalue weighted by molar-refractivity contribution is 4.71. The Hall–Kier alpha value is -0.0800. The van der Waals surface area contributed by atoms with Gasteiger partial charge in [0, 0.05) is 25.2 Å². The lowest BCUT2D eigenvalue weighted by Gasteiger charge is -2.30. The van der Waals surface area contributed by atoms with E-state index in [4.69, 9.17) is 0 Å². The minimum atomic E-state index is 0.592. The van der Waals surface area contributed by atoms with Crippen molar-refractivity contribution >= 4 is 0 Å². The Labute approximate surface area is 96.4 Å². The molecule has 0 aromatic rings. The highest BCUT2D eigenvalue weighted by atomic mass is 15.2. The quantitative estimate of drug-likeness (QED) is 0.668. The van der Waals surface area contributed by atoms with Crippen molar-refractivity contribution in [2.45, 2.75) is 60.0 Å². The van der Waals surface area contributed by atoms with Crippen LogP contribution in [0.25, 0.3) is 0 Å². The van der Waals surface area contributed by atoms with Crippen molar-refractivity contribution in [1.82, 2.24) is 10.2 Å². The third kappa shape index (κ3) is 6.91. The summed E-state index contributed by atoms with van der Waals surface area (Å²) in [7, 11) is 0. The summed E-state index contributed by atoms with van der Waals surface area (Å²) in [6.07, 6.45) is 1.28. The van der Waals surface area contributed by atoms with Crippen molar-refractivity contribution < 1.29 is 0 Å². The Kier molecular flexibility index (Phi) is 8.07. The molecule has 92 valence electrons. The summed E-state index contributed by atoms with van der Waals surface area (Å²) in [5.74, 6) is 0.812. The molecular formula is C13H30N2. The topological polar surface area (TPSA) is 15.3 Å². The molecule has 15 heavy (non-hydrogen) atoms. The minimum absolute atomic E-state index is 0.592. The fourth-order valence-electron chi connectivity index (χ4n) is 1.69. The molecule has 0 rings (SSSR count). The van der Waals surface area contributed by atoms with Crippen molar-refractivity contribution in [2.75, 3.05) is 19.6 Å². The Balaban J connectivity index is 3.92. The Bertz CT molecular complexity index is 145. The SMILES string of the molecule is CCC(C)CN(CC)C(C)CNC(C)C. The second kappa shape index (κ2) is 8.12. The van der Waals surface area contributed by atoms with E-state index in [1.807, 2.05) is 0 Å². The zero-order chi connectivity index (χ0) is 11.8. The summed E-state index contributed by atoms with van der Waals surface area (Å²) in [5, 5.41) is 3.51. The highest BCUT2D eigenvalue weighted by Gasteiger charge is 2.14. The van der Waals surface area contributed by atoms with Crippen LogP contribution in [-0.4, -0.2) is 36.6 Å². The summed E-state index contributed by atoms with van der Waals surface area (Å²) in [6, 6.07) is 1.24. The molecule has 0 aliphatic carbocycles. The van der Waals surface area contributed by atoms with Gasteiger partial charge in [-0.3, -0.25) is 4.90 Å². The molecule has 0 aliphatic rings. The Morgan fingerprint density at radius 2 is 1.67 bits per heavy atom. The van der Waals surface area contributed by atoms with E-state index in [1.165, 1.54) is 13.0 Å². The molecule has 0 fully saturated rings. The van der Waals surface area contributed by atoms with Gasteiger partial charge in [-0.1, -0.05) is 41.0 Å². The van der Waals surface area contributed by atoms with Crippen LogP contribution in [0.4, 0.5) is 0 Å². The highest BCUT2D eigenvalue weighted by Crippen LogP contribution is 2.07. The van der Waals surface area contributed by atoms with Crippen LogP contribution in [0, 0.1) is 5.92 Å². The lowest BCUT2D eigenvalue weighted by molar-refractivity contribution is 0.183. The van der Waals surface area contributed by atoms with E-state index in [2.05, 4.69) is 51.8 Å². The third-order valence-corrected chi connectivity index (χ3v) is 3.09. The monoisotopic (exact) mass is 214 g/mol. The first-order valence-electron chi connectivity index (χ1n) is 6.48. The van der Waals surface area contributed by atoms with Gasteiger partial charge in [-0.25, -0.2) is 0 Å². The normalized spacial score (nSPS) is 16.0. The molecule has 0 aromatic carbocycles. The van der Waals surface area contributed by atoms with E-state index in [9.17, 15) is 0 Å². The van der Waals surface area contributed by atoms with Crippen molar-refractivity contribution in [1.29, 1.82) is 0 Å². The summed E-state index contributed by atoms with van der Waals surface area (Å²) < 4.78 is 0. The van der Waals surface area contributed by atoms with Crippen LogP contribution < -0.4 is 5.32 Å². The van der Waals surface area contributed by atoms with E-state index in [-0.39, 0.29) is 0 Å². The standard InChI is InChI=1S/C13H30N2/c1-7-12(5)10-15(8-2)13(6)9-14-11(3)4/h11-14H,7-10H2,1-6H3. The number of hydrogen-bond donors (Lipinski definition) is 1. The number of nitrogens with one attached hydrogen (secondary N) is 1. The zero-order valence-corrected chi connectivity index (χ0v) is 11.5. The van der Waals surface area contributed by atoms with Gasteiger partial charge in [0.25, 0.3) is 0 Å². The fourth-order valence-corrected chi connectivity index (χ4v) is 1.69. The lowest BCUT2D eigenvalue weighted by Crippen LogP contribution is -2.43. The van der Waals surface area contributed by atoms with Gasteiger partial charge in [-0.05, 0) is 19.4 Å². The van der Waals surface area contributed by atoms with Crippen molar-refractivity contribution in [3.8, 4) is 0 Å². The molecule has 2 nitrogen and oxygen atoms in total. The minimum Gasteiger partial charge on any atom is -0.313 e. The van der Waals surface area contributed by atoms with E-state index >= 15 is 0 Å². The van der Waals surface area contributed by atoms with E-state index in [1.54, 1.807) is 0 Å². The maximum Gasteiger partial charge on any atom is 0.0192 e. The molecule has 0 amide bonds. The average molecular weight is 214 g/mol. The zero-order valence-electron chi connectivity index (χ0n) is 11.5. The molecule has 2 atom stereocenters. The predicted octanol–water partition coefficient (Wildman–Crippen LogP) is 2.74. The molecule has 0 saturated heterocycles.